The molecule has 32 heavy (non-hydrogen) atoms. The number of ether oxygens (including phenoxy) is 1. The molecule has 10 nitrogen and oxygen atoms in total. The molecule has 170 valence electrons. The van der Waals surface area contributed by atoms with Crippen molar-refractivity contribution in [2.75, 3.05) is 67.6 Å². The highest BCUT2D eigenvalue weighted by Crippen LogP contribution is 2.28. The highest BCUT2D eigenvalue weighted by Gasteiger charge is 2.30. The fourth-order valence-corrected chi connectivity index (χ4v) is 5.78. The van der Waals surface area contributed by atoms with E-state index in [1.54, 1.807) is 24.5 Å². The fourth-order valence-electron chi connectivity index (χ4n) is 4.30. The maximum atomic E-state index is 13.2. The van der Waals surface area contributed by atoms with E-state index in [4.69, 9.17) is 4.74 Å². The number of hydrogen-bond donors (Lipinski definition) is 1. The fraction of sp³-hybridized carbons (Fsp3) is 0.476. The second-order valence-electron chi connectivity index (χ2n) is 8.09. The molecule has 0 saturated carbocycles. The van der Waals surface area contributed by atoms with Crippen LogP contribution in [0.4, 0.5) is 17.3 Å². The zero-order valence-corrected chi connectivity index (χ0v) is 18.6. The molecule has 1 aromatic carbocycles. The van der Waals surface area contributed by atoms with Gasteiger partial charge in [-0.3, -0.25) is 4.79 Å². The Morgan fingerprint density at radius 3 is 2.28 bits per heavy atom. The van der Waals surface area contributed by atoms with Gasteiger partial charge in [0.05, 0.1) is 18.1 Å². The van der Waals surface area contributed by atoms with Crippen LogP contribution in [0, 0.1) is 0 Å². The van der Waals surface area contributed by atoms with Gasteiger partial charge in [-0.1, -0.05) is 0 Å². The average Bonchev–Trinajstić information content (AvgIpc) is 2.84. The third kappa shape index (κ3) is 4.15. The molecule has 3 aliphatic rings. The van der Waals surface area contributed by atoms with Crippen molar-refractivity contribution in [3.05, 3.63) is 36.2 Å². The summed E-state index contributed by atoms with van der Waals surface area (Å²) in [6.07, 6.45) is 2.49. The first-order valence-electron chi connectivity index (χ1n) is 10.8. The van der Waals surface area contributed by atoms with Gasteiger partial charge in [0.2, 0.25) is 15.9 Å². The first-order valence-corrected chi connectivity index (χ1v) is 12.3. The summed E-state index contributed by atoms with van der Waals surface area (Å²) in [5.41, 5.74) is 1.56. The van der Waals surface area contributed by atoms with Crippen molar-refractivity contribution in [3.8, 4) is 0 Å². The molecule has 0 atom stereocenters. The van der Waals surface area contributed by atoms with Crippen molar-refractivity contribution in [2.45, 2.75) is 17.7 Å². The van der Waals surface area contributed by atoms with Gasteiger partial charge >= 0.3 is 0 Å². The number of aryl methyl sites for hydroxylation is 1. The van der Waals surface area contributed by atoms with Gasteiger partial charge in [-0.25, -0.2) is 18.4 Å². The predicted octanol–water partition coefficient (Wildman–Crippen LogP) is 0.709. The summed E-state index contributed by atoms with van der Waals surface area (Å²) in [6.45, 7) is 4.84. The number of aromatic nitrogens is 2. The first kappa shape index (κ1) is 21.1. The zero-order valence-electron chi connectivity index (χ0n) is 17.7. The molecule has 0 unspecified atom stereocenters. The second-order valence-corrected chi connectivity index (χ2v) is 10.0. The Bertz CT molecular complexity index is 1110. The summed E-state index contributed by atoms with van der Waals surface area (Å²) < 4.78 is 33.4. The van der Waals surface area contributed by atoms with E-state index in [0.717, 1.165) is 30.3 Å². The average molecular weight is 459 g/mol. The number of benzene rings is 1. The van der Waals surface area contributed by atoms with E-state index < -0.39 is 10.0 Å². The van der Waals surface area contributed by atoms with Crippen LogP contribution in [0.2, 0.25) is 0 Å². The largest absolute Gasteiger partial charge is 0.378 e. The van der Waals surface area contributed by atoms with E-state index in [-0.39, 0.29) is 10.8 Å². The van der Waals surface area contributed by atoms with Crippen LogP contribution >= 0.6 is 0 Å². The number of nitrogens with one attached hydrogen (secondary N) is 1. The van der Waals surface area contributed by atoms with Crippen molar-refractivity contribution < 1.29 is 17.9 Å². The molecule has 1 aromatic heterocycles. The summed E-state index contributed by atoms with van der Waals surface area (Å²) in [4.78, 5) is 24.9. The number of anilines is 3. The number of amides is 1. The molecule has 4 heterocycles. The lowest BCUT2D eigenvalue weighted by Gasteiger charge is -2.35. The van der Waals surface area contributed by atoms with Crippen LogP contribution in [0.5, 0.6) is 0 Å². The van der Waals surface area contributed by atoms with E-state index in [1.807, 2.05) is 6.07 Å². The number of carbonyl (C=O) groups excluding carboxylic acids is 1. The molecule has 5 rings (SSSR count). The molecule has 2 fully saturated rings. The van der Waals surface area contributed by atoms with Crippen molar-refractivity contribution in [1.82, 2.24) is 14.3 Å². The van der Waals surface area contributed by atoms with E-state index in [0.29, 0.717) is 57.9 Å². The van der Waals surface area contributed by atoms with Crippen molar-refractivity contribution in [1.29, 1.82) is 0 Å². The number of nitrogens with zero attached hydrogens (tertiary/aromatic N) is 5. The smallest absolute Gasteiger partial charge is 0.243 e. The molecular weight excluding hydrogens is 432 g/mol. The summed E-state index contributed by atoms with van der Waals surface area (Å²) in [6, 6.07) is 6.91. The lowest BCUT2D eigenvalue weighted by Crippen LogP contribution is -2.49. The lowest BCUT2D eigenvalue weighted by atomic mass is 10.0. The Morgan fingerprint density at radius 1 is 0.875 bits per heavy atom. The molecule has 0 aliphatic carbocycles. The lowest BCUT2D eigenvalue weighted by molar-refractivity contribution is -0.116. The Kier molecular flexibility index (Phi) is 5.70. The molecule has 2 saturated heterocycles. The number of hydrogen-bond acceptors (Lipinski definition) is 8. The van der Waals surface area contributed by atoms with Gasteiger partial charge < -0.3 is 19.9 Å². The summed E-state index contributed by atoms with van der Waals surface area (Å²) in [5, 5.41) is 2.79. The molecule has 3 aliphatic heterocycles. The molecule has 2 aromatic rings. The monoisotopic (exact) mass is 458 g/mol. The van der Waals surface area contributed by atoms with Crippen LogP contribution in [0.15, 0.2) is 35.5 Å². The van der Waals surface area contributed by atoms with E-state index in [2.05, 4.69) is 25.1 Å². The Balaban J connectivity index is 1.27. The van der Waals surface area contributed by atoms with E-state index >= 15 is 0 Å². The Morgan fingerprint density at radius 2 is 1.56 bits per heavy atom. The SMILES string of the molecule is O=C1CCc2cc(S(=O)(=O)N3CCN(c4cc(N5CCOCC5)ncn4)CC3)ccc2N1. The summed E-state index contributed by atoms with van der Waals surface area (Å²) in [5.74, 6) is 1.64. The van der Waals surface area contributed by atoms with Gasteiger partial charge in [0.15, 0.2) is 0 Å². The summed E-state index contributed by atoms with van der Waals surface area (Å²) in [7, 11) is -3.60. The highest BCUT2D eigenvalue weighted by molar-refractivity contribution is 7.89. The summed E-state index contributed by atoms with van der Waals surface area (Å²) >= 11 is 0. The maximum absolute atomic E-state index is 13.2. The van der Waals surface area contributed by atoms with Crippen LogP contribution in [0.25, 0.3) is 0 Å². The topological polar surface area (TPSA) is 108 Å². The number of carbonyl (C=O) groups is 1. The van der Waals surface area contributed by atoms with Crippen LogP contribution < -0.4 is 15.1 Å². The van der Waals surface area contributed by atoms with Gasteiger partial charge in [0, 0.05) is 57.4 Å². The molecular formula is C21H26N6O4S. The van der Waals surface area contributed by atoms with Gasteiger partial charge in [-0.05, 0) is 30.2 Å². The quantitative estimate of drug-likeness (QED) is 0.714. The number of rotatable bonds is 4. The molecule has 1 N–H and O–H groups in total. The second kappa shape index (κ2) is 8.64. The van der Waals surface area contributed by atoms with Gasteiger partial charge in [0.25, 0.3) is 0 Å². The number of sulfonamides is 1. The normalized spacial score (nSPS) is 20.1. The Labute approximate surface area is 187 Å². The number of morpholine rings is 1. The van der Waals surface area contributed by atoms with Crippen molar-refractivity contribution in [2.24, 2.45) is 0 Å². The third-order valence-corrected chi connectivity index (χ3v) is 8.04. The molecule has 0 radical (unpaired) electrons. The zero-order chi connectivity index (χ0) is 22.1. The van der Waals surface area contributed by atoms with E-state index in [9.17, 15) is 13.2 Å². The molecule has 0 spiro atoms. The minimum absolute atomic E-state index is 0.0364. The van der Waals surface area contributed by atoms with Gasteiger partial charge in [0.1, 0.15) is 18.0 Å². The van der Waals surface area contributed by atoms with Crippen molar-refractivity contribution in [3.63, 3.8) is 0 Å². The molecule has 1 amide bonds. The number of piperazine rings is 1. The highest BCUT2D eigenvalue weighted by atomic mass is 32.2. The third-order valence-electron chi connectivity index (χ3n) is 6.15. The molecule has 11 heteroatoms. The number of fused-ring (bicyclic) bond motifs is 1. The van der Waals surface area contributed by atoms with E-state index in [1.165, 1.54) is 4.31 Å². The maximum Gasteiger partial charge on any atom is 0.243 e. The van der Waals surface area contributed by atoms with Gasteiger partial charge in [-0.2, -0.15) is 4.31 Å². The van der Waals surface area contributed by atoms with Crippen LogP contribution in [0.3, 0.4) is 0 Å². The minimum atomic E-state index is -3.60. The van der Waals surface area contributed by atoms with Crippen LogP contribution in [0.1, 0.15) is 12.0 Å². The van der Waals surface area contributed by atoms with Crippen molar-refractivity contribution >= 4 is 33.3 Å². The minimum Gasteiger partial charge on any atom is -0.378 e. The van der Waals surface area contributed by atoms with Crippen LogP contribution in [-0.4, -0.2) is 81.1 Å². The first-order chi connectivity index (χ1) is 15.5. The van der Waals surface area contributed by atoms with Crippen LogP contribution in [-0.2, 0) is 26.0 Å². The molecule has 0 bridgehead atoms. The Hall–Kier alpha value is -2.76. The standard InChI is InChI=1S/C21H26N6O4S/c28-21-4-1-16-13-17(2-3-18(16)24-21)32(29,30)27-7-5-25(6-8-27)19-14-20(23-15-22-19)26-9-11-31-12-10-26/h2-3,13-15H,1,4-12H2,(H,24,28). The van der Waals surface area contributed by atoms with Gasteiger partial charge in [-0.15, -0.1) is 0 Å². The predicted molar refractivity (Wildman–Crippen MR) is 119 cm³/mol.